The minimum Gasteiger partial charge on any atom is -0.339 e. The number of rotatable bonds is 3. The third kappa shape index (κ3) is 2.49. The number of sulfonamides is 1. The Hall–Kier alpha value is -0.920. The molecule has 20 heavy (non-hydrogen) atoms. The molecule has 0 amide bonds. The first kappa shape index (κ1) is 14.0. The molecule has 1 atom stereocenters. The molecule has 1 unspecified atom stereocenters. The zero-order chi connectivity index (χ0) is 14.2. The molecule has 3 heterocycles. The number of hydrogen-bond acceptors (Lipinski definition) is 4. The number of nitrogens with zero attached hydrogens (tertiary/aromatic N) is 3. The first-order valence-corrected chi connectivity index (χ1v) is 8.73. The fourth-order valence-corrected chi connectivity index (χ4v) is 5.13. The van der Waals surface area contributed by atoms with Crippen molar-refractivity contribution in [2.45, 2.75) is 36.8 Å². The summed E-state index contributed by atoms with van der Waals surface area (Å²) in [5.41, 5.74) is 0. The lowest BCUT2D eigenvalue weighted by Crippen LogP contribution is -2.43. The van der Waals surface area contributed by atoms with E-state index >= 15 is 0 Å². The van der Waals surface area contributed by atoms with Crippen LogP contribution in [0.25, 0.3) is 0 Å². The molecule has 3 rings (SSSR count). The van der Waals surface area contributed by atoms with Gasteiger partial charge in [-0.25, -0.2) is 13.4 Å². The molecule has 1 N–H and O–H groups in total. The van der Waals surface area contributed by atoms with Gasteiger partial charge in [0.1, 0.15) is 0 Å². The number of aromatic nitrogens is 2. The Morgan fingerprint density at radius 2 is 2.05 bits per heavy atom. The second-order valence-corrected chi connectivity index (χ2v) is 7.63. The van der Waals surface area contributed by atoms with Crippen LogP contribution in [0.2, 0.25) is 0 Å². The second-order valence-electron chi connectivity index (χ2n) is 5.79. The molecule has 7 heteroatoms. The van der Waals surface area contributed by atoms with Gasteiger partial charge in [0.15, 0.2) is 5.03 Å². The smallest absolute Gasteiger partial charge is 0.262 e. The first-order valence-electron chi connectivity index (χ1n) is 7.29. The summed E-state index contributed by atoms with van der Waals surface area (Å²) in [5, 5.41) is 3.52. The Kier molecular flexibility index (Phi) is 3.83. The Balaban J connectivity index is 1.84. The van der Waals surface area contributed by atoms with Crippen LogP contribution >= 0.6 is 0 Å². The van der Waals surface area contributed by atoms with Gasteiger partial charge in [0.05, 0.1) is 6.33 Å². The zero-order valence-corrected chi connectivity index (χ0v) is 12.6. The van der Waals surface area contributed by atoms with Crippen LogP contribution in [0.3, 0.4) is 0 Å². The van der Waals surface area contributed by atoms with Crippen molar-refractivity contribution in [3.8, 4) is 0 Å². The topological polar surface area (TPSA) is 67.2 Å². The molecule has 0 aliphatic carbocycles. The molecule has 1 aromatic rings. The van der Waals surface area contributed by atoms with Gasteiger partial charge in [-0.05, 0) is 44.7 Å². The Bertz CT molecular complexity index is 563. The van der Waals surface area contributed by atoms with E-state index in [9.17, 15) is 8.42 Å². The largest absolute Gasteiger partial charge is 0.339 e. The number of hydrogen-bond donors (Lipinski definition) is 1. The molecule has 0 aromatic carbocycles. The van der Waals surface area contributed by atoms with E-state index in [1.807, 2.05) is 0 Å². The van der Waals surface area contributed by atoms with E-state index in [4.69, 9.17) is 0 Å². The summed E-state index contributed by atoms with van der Waals surface area (Å²) in [7, 11) is -1.64. The van der Waals surface area contributed by atoms with Crippen LogP contribution in [0.15, 0.2) is 17.6 Å². The number of aryl methyl sites for hydroxylation is 1. The van der Waals surface area contributed by atoms with Crippen LogP contribution in [-0.4, -0.2) is 48.0 Å². The van der Waals surface area contributed by atoms with Crippen LogP contribution in [0.4, 0.5) is 0 Å². The maximum atomic E-state index is 12.7. The summed E-state index contributed by atoms with van der Waals surface area (Å²) in [4.78, 5) is 4.03. The first-order chi connectivity index (χ1) is 9.59. The molecule has 2 fully saturated rings. The maximum Gasteiger partial charge on any atom is 0.262 e. The fraction of sp³-hybridized carbons (Fsp3) is 0.769. The van der Waals surface area contributed by atoms with E-state index in [1.54, 1.807) is 28.4 Å². The molecule has 2 saturated heterocycles. The van der Waals surface area contributed by atoms with Crippen molar-refractivity contribution in [3.05, 3.63) is 12.5 Å². The lowest BCUT2D eigenvalue weighted by atomic mass is 9.89. The summed E-state index contributed by atoms with van der Waals surface area (Å²) in [5.74, 6) is 0.484. The lowest BCUT2D eigenvalue weighted by Gasteiger charge is -2.33. The average molecular weight is 298 g/mol. The van der Waals surface area contributed by atoms with Gasteiger partial charge in [0, 0.05) is 25.8 Å². The van der Waals surface area contributed by atoms with Crippen molar-refractivity contribution in [1.29, 1.82) is 0 Å². The van der Waals surface area contributed by atoms with Gasteiger partial charge < -0.3 is 9.88 Å². The van der Waals surface area contributed by atoms with Gasteiger partial charge in [0.25, 0.3) is 10.0 Å². The van der Waals surface area contributed by atoms with Crippen molar-refractivity contribution >= 4 is 10.0 Å². The highest BCUT2D eigenvalue weighted by Crippen LogP contribution is 2.33. The molecule has 0 spiro atoms. The lowest BCUT2D eigenvalue weighted by molar-refractivity contribution is 0.234. The molecule has 6 nitrogen and oxygen atoms in total. The van der Waals surface area contributed by atoms with Gasteiger partial charge in [-0.1, -0.05) is 0 Å². The quantitative estimate of drug-likeness (QED) is 0.886. The van der Waals surface area contributed by atoms with E-state index in [-0.39, 0.29) is 11.1 Å². The highest BCUT2D eigenvalue weighted by molar-refractivity contribution is 7.89. The molecular formula is C13H22N4O2S. The zero-order valence-electron chi connectivity index (χ0n) is 11.8. The normalized spacial score (nSPS) is 26.1. The summed E-state index contributed by atoms with van der Waals surface area (Å²) < 4.78 is 28.9. The standard InChI is InChI=1S/C13H22N4O2S/c1-16-9-13(15-10-16)20(18,19)17-8-2-3-12(17)11-4-6-14-7-5-11/h9-12,14H,2-8H2,1H3. The van der Waals surface area contributed by atoms with Crippen molar-refractivity contribution in [3.63, 3.8) is 0 Å². The number of nitrogens with one attached hydrogen (secondary N) is 1. The highest BCUT2D eigenvalue weighted by atomic mass is 32.2. The van der Waals surface area contributed by atoms with Crippen LogP contribution < -0.4 is 5.32 Å². The van der Waals surface area contributed by atoms with Gasteiger partial charge in [-0.3, -0.25) is 0 Å². The van der Waals surface area contributed by atoms with Crippen molar-refractivity contribution in [1.82, 2.24) is 19.2 Å². The Morgan fingerprint density at radius 1 is 1.30 bits per heavy atom. The minimum absolute atomic E-state index is 0.157. The molecular weight excluding hydrogens is 276 g/mol. The predicted molar refractivity (Wildman–Crippen MR) is 75.7 cm³/mol. The van der Waals surface area contributed by atoms with Gasteiger partial charge >= 0.3 is 0 Å². The fourth-order valence-electron chi connectivity index (χ4n) is 3.41. The van der Waals surface area contributed by atoms with E-state index in [1.165, 1.54) is 0 Å². The van der Waals surface area contributed by atoms with E-state index < -0.39 is 10.0 Å². The molecule has 2 aliphatic heterocycles. The van der Waals surface area contributed by atoms with Crippen molar-refractivity contribution in [2.24, 2.45) is 13.0 Å². The van der Waals surface area contributed by atoms with Crippen LogP contribution in [0.1, 0.15) is 25.7 Å². The highest BCUT2D eigenvalue weighted by Gasteiger charge is 2.40. The molecule has 0 radical (unpaired) electrons. The summed E-state index contributed by atoms with van der Waals surface area (Å²) in [6.07, 6.45) is 7.21. The molecule has 0 saturated carbocycles. The van der Waals surface area contributed by atoms with Gasteiger partial charge in [0.2, 0.25) is 0 Å². The van der Waals surface area contributed by atoms with E-state index in [2.05, 4.69) is 10.3 Å². The third-order valence-electron chi connectivity index (χ3n) is 4.43. The molecule has 0 bridgehead atoms. The predicted octanol–water partition coefficient (Wildman–Crippen LogP) is 0.573. The minimum atomic E-state index is -3.44. The van der Waals surface area contributed by atoms with Gasteiger partial charge in [-0.15, -0.1) is 0 Å². The monoisotopic (exact) mass is 298 g/mol. The van der Waals surface area contributed by atoms with Crippen molar-refractivity contribution in [2.75, 3.05) is 19.6 Å². The van der Waals surface area contributed by atoms with Crippen LogP contribution in [-0.2, 0) is 17.1 Å². The maximum absolute atomic E-state index is 12.7. The Morgan fingerprint density at radius 3 is 2.70 bits per heavy atom. The third-order valence-corrected chi connectivity index (χ3v) is 6.24. The number of imidazole rings is 1. The summed E-state index contributed by atoms with van der Waals surface area (Å²) in [6, 6.07) is 0.157. The summed E-state index contributed by atoms with van der Waals surface area (Å²) in [6.45, 7) is 2.63. The van der Waals surface area contributed by atoms with Gasteiger partial charge in [-0.2, -0.15) is 4.31 Å². The van der Waals surface area contributed by atoms with E-state index in [0.29, 0.717) is 12.5 Å². The molecule has 112 valence electrons. The van der Waals surface area contributed by atoms with Crippen molar-refractivity contribution < 1.29 is 8.42 Å². The van der Waals surface area contributed by atoms with Crippen LogP contribution in [0.5, 0.6) is 0 Å². The molecule has 2 aliphatic rings. The second kappa shape index (κ2) is 5.46. The summed E-state index contributed by atoms with van der Waals surface area (Å²) >= 11 is 0. The Labute approximate surface area is 120 Å². The SMILES string of the molecule is Cn1cnc(S(=O)(=O)N2CCCC2C2CCNCC2)c1. The van der Waals surface area contributed by atoms with E-state index in [0.717, 1.165) is 38.8 Å². The van der Waals surface area contributed by atoms with Crippen LogP contribution in [0, 0.1) is 5.92 Å². The average Bonchev–Trinajstić information content (AvgIpc) is 3.08. The number of piperidine rings is 1. The molecule has 1 aromatic heterocycles.